The minimum atomic E-state index is -0.485. The molecule has 0 bridgehead atoms. The maximum absolute atomic E-state index is 9.86. The van der Waals surface area contributed by atoms with Crippen LogP contribution in [0.1, 0.15) is 12.5 Å². The highest BCUT2D eigenvalue weighted by Crippen LogP contribution is 2.24. The molecule has 0 saturated heterocycles. The van der Waals surface area contributed by atoms with Gasteiger partial charge in [0.15, 0.2) is 0 Å². The molecule has 0 aliphatic heterocycles. The Morgan fingerprint density at radius 3 is 2.74 bits per heavy atom. The van der Waals surface area contributed by atoms with Crippen LogP contribution < -0.4 is 5.73 Å². The number of aliphatic hydroxyl groups is 1. The second-order valence-electron chi connectivity index (χ2n) is 4.59. The lowest BCUT2D eigenvalue weighted by molar-refractivity contribution is -0.0257. The Balaban J connectivity index is 2.31. The van der Waals surface area contributed by atoms with Crippen molar-refractivity contribution in [2.24, 2.45) is 0 Å². The smallest absolute Gasteiger partial charge is 0.0867 e. The third-order valence-electron chi connectivity index (χ3n) is 2.60. The molecule has 0 aromatic heterocycles. The van der Waals surface area contributed by atoms with Crippen molar-refractivity contribution in [3.05, 3.63) is 23.8 Å². The molecule has 3 N–H and O–H groups in total. The van der Waals surface area contributed by atoms with Crippen molar-refractivity contribution >= 4 is 17.4 Å². The molecule has 1 rings (SSSR count). The fraction of sp³-hybridized carbons (Fsp3) is 0.571. The predicted octanol–water partition coefficient (Wildman–Crippen LogP) is 2.08. The summed E-state index contributed by atoms with van der Waals surface area (Å²) in [6.45, 7) is 4.80. The van der Waals surface area contributed by atoms with Gasteiger partial charge >= 0.3 is 0 Å². The number of hydrogen-bond acceptors (Lipinski definition) is 5. The topological polar surface area (TPSA) is 64.7 Å². The molecule has 4 nitrogen and oxygen atoms in total. The highest BCUT2D eigenvalue weighted by atomic mass is 32.2. The van der Waals surface area contributed by atoms with Crippen LogP contribution in [0, 0.1) is 6.92 Å². The minimum Gasteiger partial charge on any atom is -0.399 e. The van der Waals surface area contributed by atoms with Crippen LogP contribution in [0.2, 0.25) is 0 Å². The fourth-order valence-corrected chi connectivity index (χ4v) is 2.55. The predicted molar refractivity (Wildman–Crippen MR) is 79.6 cm³/mol. The van der Waals surface area contributed by atoms with E-state index in [-0.39, 0.29) is 6.10 Å². The van der Waals surface area contributed by atoms with Crippen LogP contribution in [0.15, 0.2) is 23.1 Å². The number of nitrogen functional groups attached to an aromatic ring is 1. The van der Waals surface area contributed by atoms with Gasteiger partial charge in [-0.05, 0) is 37.6 Å². The second-order valence-corrected chi connectivity index (χ2v) is 5.65. The van der Waals surface area contributed by atoms with Gasteiger partial charge in [-0.25, -0.2) is 0 Å². The zero-order valence-electron chi connectivity index (χ0n) is 11.8. The van der Waals surface area contributed by atoms with Crippen LogP contribution in [-0.2, 0) is 9.47 Å². The molecule has 2 atom stereocenters. The standard InChI is InChI=1S/C14H23NO3S/c1-10-6-12(15)4-5-14(10)19-9-13(16)8-18-11(2)7-17-3/h4-6,11,13,16H,7-9,15H2,1-3H3. The average Bonchev–Trinajstić information content (AvgIpc) is 2.35. The molecule has 1 aromatic carbocycles. The number of rotatable bonds is 8. The average molecular weight is 285 g/mol. The molecule has 2 unspecified atom stereocenters. The van der Waals surface area contributed by atoms with Crippen LogP contribution in [0.3, 0.4) is 0 Å². The quantitative estimate of drug-likeness (QED) is 0.565. The minimum absolute atomic E-state index is 0.00269. The van der Waals surface area contributed by atoms with Crippen molar-refractivity contribution in [1.82, 2.24) is 0 Å². The number of hydrogen-bond donors (Lipinski definition) is 2. The summed E-state index contributed by atoms with van der Waals surface area (Å²) >= 11 is 1.61. The van der Waals surface area contributed by atoms with E-state index in [4.69, 9.17) is 15.2 Å². The van der Waals surface area contributed by atoms with Crippen LogP contribution in [-0.4, -0.2) is 43.4 Å². The number of methoxy groups -OCH3 is 1. The summed E-state index contributed by atoms with van der Waals surface area (Å²) < 4.78 is 10.4. The maximum Gasteiger partial charge on any atom is 0.0867 e. The lowest BCUT2D eigenvalue weighted by Crippen LogP contribution is -2.24. The molecular weight excluding hydrogens is 262 g/mol. The Bertz CT molecular complexity index is 387. The summed E-state index contributed by atoms with van der Waals surface area (Å²) in [6, 6.07) is 5.79. The molecule has 0 aliphatic rings. The van der Waals surface area contributed by atoms with E-state index in [2.05, 4.69) is 0 Å². The van der Waals surface area contributed by atoms with Gasteiger partial charge in [0.25, 0.3) is 0 Å². The molecule has 5 heteroatoms. The molecule has 0 spiro atoms. The van der Waals surface area contributed by atoms with Gasteiger partial charge in [-0.1, -0.05) is 0 Å². The Morgan fingerprint density at radius 1 is 1.37 bits per heavy atom. The molecule has 0 heterocycles. The zero-order valence-corrected chi connectivity index (χ0v) is 12.6. The first-order valence-corrected chi connectivity index (χ1v) is 7.29. The Kier molecular flexibility index (Phi) is 7.23. The van der Waals surface area contributed by atoms with E-state index in [1.807, 2.05) is 32.0 Å². The number of anilines is 1. The monoisotopic (exact) mass is 285 g/mol. The fourth-order valence-electron chi connectivity index (χ4n) is 1.63. The molecule has 19 heavy (non-hydrogen) atoms. The molecule has 0 aliphatic carbocycles. The van der Waals surface area contributed by atoms with Gasteiger partial charge in [-0.2, -0.15) is 0 Å². The lowest BCUT2D eigenvalue weighted by Gasteiger charge is -2.16. The summed E-state index contributed by atoms with van der Waals surface area (Å²) in [5, 5.41) is 9.86. The van der Waals surface area contributed by atoms with E-state index >= 15 is 0 Å². The van der Waals surface area contributed by atoms with Gasteiger partial charge in [0.1, 0.15) is 0 Å². The van der Waals surface area contributed by atoms with E-state index in [9.17, 15) is 5.11 Å². The van der Waals surface area contributed by atoms with E-state index in [1.165, 1.54) is 0 Å². The molecule has 0 fully saturated rings. The first-order valence-electron chi connectivity index (χ1n) is 6.30. The SMILES string of the molecule is COCC(C)OCC(O)CSc1ccc(N)cc1C. The summed E-state index contributed by atoms with van der Waals surface area (Å²) in [6.07, 6.45) is -0.482. The van der Waals surface area contributed by atoms with Crippen molar-refractivity contribution in [2.45, 2.75) is 31.0 Å². The van der Waals surface area contributed by atoms with Crippen LogP contribution in [0.25, 0.3) is 0 Å². The Hall–Kier alpha value is -0.750. The lowest BCUT2D eigenvalue weighted by atomic mass is 10.2. The number of ether oxygens (including phenoxy) is 2. The van der Waals surface area contributed by atoms with Crippen molar-refractivity contribution in [1.29, 1.82) is 0 Å². The first-order chi connectivity index (χ1) is 9.02. The van der Waals surface area contributed by atoms with Gasteiger partial charge in [0, 0.05) is 23.4 Å². The summed E-state index contributed by atoms with van der Waals surface area (Å²) in [4.78, 5) is 1.14. The Morgan fingerprint density at radius 2 is 2.11 bits per heavy atom. The molecule has 108 valence electrons. The highest BCUT2D eigenvalue weighted by molar-refractivity contribution is 7.99. The molecule has 1 aromatic rings. The third-order valence-corrected chi connectivity index (χ3v) is 3.93. The highest BCUT2D eigenvalue weighted by Gasteiger charge is 2.09. The summed E-state index contributed by atoms with van der Waals surface area (Å²) in [5.41, 5.74) is 7.60. The van der Waals surface area contributed by atoms with Crippen LogP contribution >= 0.6 is 11.8 Å². The number of aliphatic hydroxyl groups excluding tert-OH is 1. The first kappa shape index (κ1) is 16.3. The summed E-state index contributed by atoms with van der Waals surface area (Å²) in [5.74, 6) is 0.602. The van der Waals surface area contributed by atoms with Gasteiger partial charge in [0.2, 0.25) is 0 Å². The van der Waals surface area contributed by atoms with Gasteiger partial charge < -0.3 is 20.3 Å². The van der Waals surface area contributed by atoms with Gasteiger partial charge in [0.05, 0.1) is 25.4 Å². The maximum atomic E-state index is 9.86. The molecule has 0 radical (unpaired) electrons. The Labute approximate surface area is 119 Å². The normalized spacial score (nSPS) is 14.3. The number of aryl methyl sites for hydroxylation is 1. The third kappa shape index (κ3) is 6.29. The van der Waals surface area contributed by atoms with E-state index in [0.29, 0.717) is 19.0 Å². The second kappa shape index (κ2) is 8.43. The number of thioether (sulfide) groups is 1. The zero-order chi connectivity index (χ0) is 14.3. The van der Waals surface area contributed by atoms with E-state index in [0.717, 1.165) is 16.1 Å². The van der Waals surface area contributed by atoms with E-state index in [1.54, 1.807) is 18.9 Å². The molecular formula is C14H23NO3S. The van der Waals surface area contributed by atoms with Crippen molar-refractivity contribution in [2.75, 3.05) is 31.8 Å². The van der Waals surface area contributed by atoms with Crippen molar-refractivity contribution in [3.8, 4) is 0 Å². The number of nitrogens with two attached hydrogens (primary N) is 1. The largest absolute Gasteiger partial charge is 0.399 e. The molecule has 0 amide bonds. The van der Waals surface area contributed by atoms with Crippen LogP contribution in [0.4, 0.5) is 5.69 Å². The van der Waals surface area contributed by atoms with Gasteiger partial charge in [-0.15, -0.1) is 11.8 Å². The van der Waals surface area contributed by atoms with Crippen molar-refractivity contribution < 1.29 is 14.6 Å². The van der Waals surface area contributed by atoms with Gasteiger partial charge in [-0.3, -0.25) is 0 Å². The molecule has 0 saturated carbocycles. The van der Waals surface area contributed by atoms with Crippen LogP contribution in [0.5, 0.6) is 0 Å². The summed E-state index contributed by atoms with van der Waals surface area (Å²) in [7, 11) is 1.63. The van der Waals surface area contributed by atoms with Crippen molar-refractivity contribution in [3.63, 3.8) is 0 Å². The van der Waals surface area contributed by atoms with E-state index < -0.39 is 6.10 Å². The number of benzene rings is 1.